The smallest absolute Gasteiger partial charge is 0.409 e. The summed E-state index contributed by atoms with van der Waals surface area (Å²) in [5.41, 5.74) is 0. The number of nitrogens with zero attached hydrogens (tertiary/aromatic N) is 1. The van der Waals surface area contributed by atoms with Crippen LogP contribution in [-0.4, -0.2) is 43.8 Å². The summed E-state index contributed by atoms with van der Waals surface area (Å²) in [6.07, 6.45) is 3.45. The van der Waals surface area contributed by atoms with Crippen LogP contribution in [0.1, 0.15) is 26.2 Å². The van der Waals surface area contributed by atoms with Crippen molar-refractivity contribution in [3.63, 3.8) is 0 Å². The fourth-order valence-corrected chi connectivity index (χ4v) is 1.81. The Labute approximate surface area is 85.6 Å². The van der Waals surface area contributed by atoms with E-state index in [1.165, 1.54) is 20.0 Å². The number of rotatable bonds is 3. The minimum atomic E-state index is -0.222. The number of nitrogens with one attached hydrogen (secondary N) is 1. The van der Waals surface area contributed by atoms with Gasteiger partial charge in [0.15, 0.2) is 0 Å². The predicted octanol–water partition coefficient (Wildman–Crippen LogP) is 1.22. The van der Waals surface area contributed by atoms with Crippen molar-refractivity contribution in [2.45, 2.75) is 32.2 Å². The maximum Gasteiger partial charge on any atom is 0.409 e. The summed E-state index contributed by atoms with van der Waals surface area (Å²) >= 11 is 0. The molecule has 0 radical (unpaired) electrons. The van der Waals surface area contributed by atoms with Crippen molar-refractivity contribution < 1.29 is 9.53 Å². The minimum Gasteiger partial charge on any atom is -0.453 e. The van der Waals surface area contributed by atoms with E-state index in [2.05, 4.69) is 5.32 Å². The molecule has 0 bridgehead atoms. The molecule has 82 valence electrons. The molecule has 1 aliphatic rings. The maximum atomic E-state index is 11.3. The molecule has 1 aliphatic heterocycles. The number of carbonyl (C=O) groups excluding carboxylic acids is 1. The lowest BCUT2D eigenvalue weighted by molar-refractivity contribution is 0.119. The number of likely N-dealkylation sites (N-methyl/N-ethyl adjacent to an activating group) is 1. The lowest BCUT2D eigenvalue weighted by atomic mass is 10.0. The lowest BCUT2D eigenvalue weighted by Crippen LogP contribution is -2.45. The molecule has 1 heterocycles. The van der Waals surface area contributed by atoms with Gasteiger partial charge in [0.05, 0.1) is 7.11 Å². The van der Waals surface area contributed by atoms with Gasteiger partial charge in [-0.25, -0.2) is 4.79 Å². The molecule has 1 saturated heterocycles. The van der Waals surface area contributed by atoms with Gasteiger partial charge in [-0.3, -0.25) is 0 Å². The Hall–Kier alpha value is -0.770. The summed E-state index contributed by atoms with van der Waals surface area (Å²) in [4.78, 5) is 13.0. The third kappa shape index (κ3) is 3.18. The van der Waals surface area contributed by atoms with Crippen LogP contribution < -0.4 is 5.32 Å². The van der Waals surface area contributed by atoms with E-state index in [0.29, 0.717) is 12.6 Å². The van der Waals surface area contributed by atoms with Crippen LogP contribution in [0.15, 0.2) is 0 Å². The molecule has 0 aliphatic carbocycles. The van der Waals surface area contributed by atoms with Gasteiger partial charge in [-0.05, 0) is 26.3 Å². The molecule has 4 heteroatoms. The zero-order valence-corrected chi connectivity index (χ0v) is 9.08. The highest BCUT2D eigenvalue weighted by Gasteiger charge is 2.19. The van der Waals surface area contributed by atoms with Crippen LogP contribution in [0.2, 0.25) is 0 Å². The SMILES string of the molecule is CCN(CC1CCCCN1)C(=O)OC. The Morgan fingerprint density at radius 2 is 2.36 bits per heavy atom. The lowest BCUT2D eigenvalue weighted by Gasteiger charge is -2.29. The molecule has 1 fully saturated rings. The average Bonchev–Trinajstić information content (AvgIpc) is 2.26. The number of carbonyl (C=O) groups is 1. The van der Waals surface area contributed by atoms with Gasteiger partial charge in [-0.15, -0.1) is 0 Å². The monoisotopic (exact) mass is 200 g/mol. The van der Waals surface area contributed by atoms with Crippen molar-refractivity contribution >= 4 is 6.09 Å². The summed E-state index contributed by atoms with van der Waals surface area (Å²) in [6.45, 7) is 4.52. The molecule has 4 nitrogen and oxygen atoms in total. The van der Waals surface area contributed by atoms with Crippen LogP contribution in [0.25, 0.3) is 0 Å². The molecule has 1 unspecified atom stereocenters. The van der Waals surface area contributed by atoms with Gasteiger partial charge in [0.1, 0.15) is 0 Å². The van der Waals surface area contributed by atoms with Gasteiger partial charge in [0.2, 0.25) is 0 Å². The topological polar surface area (TPSA) is 41.6 Å². The van der Waals surface area contributed by atoms with Gasteiger partial charge < -0.3 is 15.0 Å². The summed E-state index contributed by atoms with van der Waals surface area (Å²) in [5, 5.41) is 3.41. The third-order valence-corrected chi connectivity index (χ3v) is 2.67. The quantitative estimate of drug-likeness (QED) is 0.744. The van der Waals surface area contributed by atoms with Gasteiger partial charge in [-0.1, -0.05) is 6.42 Å². The van der Waals surface area contributed by atoms with Gasteiger partial charge in [-0.2, -0.15) is 0 Å². The predicted molar refractivity (Wildman–Crippen MR) is 55.3 cm³/mol. The highest BCUT2D eigenvalue weighted by atomic mass is 16.5. The number of methoxy groups -OCH3 is 1. The van der Waals surface area contributed by atoms with Crippen LogP contribution in [0.4, 0.5) is 4.79 Å². The Bertz CT molecular complexity index is 179. The zero-order valence-electron chi connectivity index (χ0n) is 9.08. The van der Waals surface area contributed by atoms with E-state index in [1.54, 1.807) is 4.90 Å². The number of hydrogen-bond donors (Lipinski definition) is 1. The number of ether oxygens (including phenoxy) is 1. The Balaban J connectivity index is 2.34. The second kappa shape index (κ2) is 5.86. The fraction of sp³-hybridized carbons (Fsp3) is 0.900. The van der Waals surface area contributed by atoms with Crippen molar-refractivity contribution in [2.75, 3.05) is 26.7 Å². The van der Waals surface area contributed by atoms with Gasteiger partial charge in [0, 0.05) is 19.1 Å². The molecule has 0 saturated carbocycles. The first kappa shape index (κ1) is 11.3. The van der Waals surface area contributed by atoms with Gasteiger partial charge in [0.25, 0.3) is 0 Å². The first-order chi connectivity index (χ1) is 6.77. The summed E-state index contributed by atoms with van der Waals surface area (Å²) in [6, 6.07) is 0.447. The fourth-order valence-electron chi connectivity index (χ4n) is 1.81. The van der Waals surface area contributed by atoms with Crippen molar-refractivity contribution in [3.05, 3.63) is 0 Å². The Morgan fingerprint density at radius 1 is 1.57 bits per heavy atom. The van der Waals surface area contributed by atoms with E-state index >= 15 is 0 Å². The molecule has 0 aromatic carbocycles. The summed E-state index contributed by atoms with van der Waals surface area (Å²) in [5.74, 6) is 0. The third-order valence-electron chi connectivity index (χ3n) is 2.67. The second-order valence-corrected chi connectivity index (χ2v) is 3.66. The maximum absolute atomic E-state index is 11.3. The Kier molecular flexibility index (Phi) is 4.73. The number of amides is 1. The van der Waals surface area contributed by atoms with E-state index in [4.69, 9.17) is 4.74 Å². The molecule has 0 spiro atoms. The first-order valence-corrected chi connectivity index (χ1v) is 5.34. The molecular formula is C10H20N2O2. The highest BCUT2D eigenvalue weighted by Crippen LogP contribution is 2.08. The average molecular weight is 200 g/mol. The van der Waals surface area contributed by atoms with Crippen molar-refractivity contribution in [3.8, 4) is 0 Å². The van der Waals surface area contributed by atoms with Crippen molar-refractivity contribution in [1.82, 2.24) is 10.2 Å². The first-order valence-electron chi connectivity index (χ1n) is 5.34. The zero-order chi connectivity index (χ0) is 10.4. The highest BCUT2D eigenvalue weighted by molar-refractivity contribution is 5.67. The van der Waals surface area contributed by atoms with Crippen molar-refractivity contribution in [1.29, 1.82) is 0 Å². The van der Waals surface area contributed by atoms with Gasteiger partial charge >= 0.3 is 6.09 Å². The molecule has 1 atom stereocenters. The molecule has 0 aromatic rings. The molecule has 0 aromatic heterocycles. The van der Waals surface area contributed by atoms with Crippen LogP contribution in [0.3, 0.4) is 0 Å². The van der Waals surface area contributed by atoms with E-state index in [0.717, 1.165) is 19.5 Å². The number of hydrogen-bond acceptors (Lipinski definition) is 3. The molecule has 14 heavy (non-hydrogen) atoms. The largest absolute Gasteiger partial charge is 0.453 e. The van der Waals surface area contributed by atoms with E-state index < -0.39 is 0 Å². The Morgan fingerprint density at radius 3 is 2.86 bits per heavy atom. The van der Waals surface area contributed by atoms with E-state index in [1.807, 2.05) is 6.92 Å². The normalized spacial score (nSPS) is 21.7. The molecule has 1 amide bonds. The summed E-state index contributed by atoms with van der Waals surface area (Å²) in [7, 11) is 1.43. The van der Waals surface area contributed by atoms with E-state index in [-0.39, 0.29) is 6.09 Å². The number of piperidine rings is 1. The van der Waals surface area contributed by atoms with Crippen LogP contribution in [0.5, 0.6) is 0 Å². The second-order valence-electron chi connectivity index (χ2n) is 3.66. The van der Waals surface area contributed by atoms with Crippen LogP contribution in [-0.2, 0) is 4.74 Å². The standard InChI is InChI=1S/C10H20N2O2/c1-3-12(10(13)14-2)8-9-6-4-5-7-11-9/h9,11H,3-8H2,1-2H3. The summed E-state index contributed by atoms with van der Waals surface area (Å²) < 4.78 is 4.70. The minimum absolute atomic E-state index is 0.222. The van der Waals surface area contributed by atoms with Crippen molar-refractivity contribution in [2.24, 2.45) is 0 Å². The van der Waals surface area contributed by atoms with E-state index in [9.17, 15) is 4.79 Å². The van der Waals surface area contributed by atoms with Crippen LogP contribution in [0, 0.1) is 0 Å². The molecule has 1 rings (SSSR count). The molecular weight excluding hydrogens is 180 g/mol. The molecule has 1 N–H and O–H groups in total. The van der Waals surface area contributed by atoms with Crippen LogP contribution >= 0.6 is 0 Å².